The van der Waals surface area contributed by atoms with Crippen molar-refractivity contribution in [3.8, 4) is 0 Å². The number of methoxy groups -OCH3 is 1. The Hall–Kier alpha value is -1.66. The van der Waals surface area contributed by atoms with E-state index in [2.05, 4.69) is 38.8 Å². The second-order valence-electron chi connectivity index (χ2n) is 4.60. The van der Waals surface area contributed by atoms with E-state index in [1.807, 2.05) is 6.07 Å². The number of ether oxygens (including phenoxy) is 1. The Morgan fingerprint density at radius 1 is 1.29 bits per heavy atom. The lowest BCUT2D eigenvalue weighted by Crippen LogP contribution is -2.39. The summed E-state index contributed by atoms with van der Waals surface area (Å²) < 4.78 is 6.26. The molecule has 0 aliphatic heterocycles. The molecule has 0 aliphatic rings. The van der Waals surface area contributed by atoms with Gasteiger partial charge in [-0.05, 0) is 18.6 Å². The predicted octanol–water partition coefficient (Wildman–Crippen LogP) is 2.04. The number of nitrogens with zero attached hydrogens (tertiary/aromatic N) is 2. The number of guanidine groups is 1. The minimum absolute atomic E-state index is 0.673. The van der Waals surface area contributed by atoms with Crippen molar-refractivity contribution in [1.29, 1.82) is 0 Å². The Bertz CT molecular complexity index is 549. The van der Waals surface area contributed by atoms with Gasteiger partial charge in [0.2, 0.25) is 0 Å². The molecule has 6 heteroatoms. The van der Waals surface area contributed by atoms with E-state index in [1.165, 1.54) is 9.71 Å². The van der Waals surface area contributed by atoms with Crippen LogP contribution in [0, 0.1) is 0 Å². The molecule has 1 heterocycles. The highest BCUT2D eigenvalue weighted by molar-refractivity contribution is 7.18. The lowest BCUT2D eigenvalue weighted by atomic mass is 10.3. The maximum Gasteiger partial charge on any atom is 0.191 e. The summed E-state index contributed by atoms with van der Waals surface area (Å²) in [6.45, 7) is 2.31. The van der Waals surface area contributed by atoms with Crippen LogP contribution in [0.25, 0.3) is 10.2 Å². The predicted molar refractivity (Wildman–Crippen MR) is 89.2 cm³/mol. The smallest absolute Gasteiger partial charge is 0.191 e. The van der Waals surface area contributed by atoms with Crippen LogP contribution >= 0.6 is 11.3 Å². The Kier molecular flexibility index (Phi) is 6.43. The molecule has 2 N–H and O–H groups in total. The highest BCUT2D eigenvalue weighted by atomic mass is 32.1. The van der Waals surface area contributed by atoms with Crippen LogP contribution < -0.4 is 10.6 Å². The average Bonchev–Trinajstić information content (AvgIpc) is 2.92. The number of aryl methyl sites for hydroxylation is 1. The number of fused-ring (bicyclic) bond motifs is 1. The molecule has 0 saturated carbocycles. The number of nitrogens with one attached hydrogen (secondary N) is 2. The van der Waals surface area contributed by atoms with Gasteiger partial charge < -0.3 is 15.4 Å². The fourth-order valence-electron chi connectivity index (χ4n) is 1.97. The monoisotopic (exact) mass is 306 g/mol. The van der Waals surface area contributed by atoms with Crippen LogP contribution in [0.3, 0.4) is 0 Å². The number of aromatic nitrogens is 1. The zero-order valence-corrected chi connectivity index (χ0v) is 13.4. The van der Waals surface area contributed by atoms with Crippen LogP contribution in [0.5, 0.6) is 0 Å². The van der Waals surface area contributed by atoms with Crippen molar-refractivity contribution >= 4 is 27.5 Å². The minimum Gasteiger partial charge on any atom is -0.383 e. The zero-order valence-electron chi connectivity index (χ0n) is 12.6. The number of thiazole rings is 1. The lowest BCUT2D eigenvalue weighted by Gasteiger charge is -2.10. The summed E-state index contributed by atoms with van der Waals surface area (Å²) in [7, 11) is 3.46. The van der Waals surface area contributed by atoms with Gasteiger partial charge in [0.05, 0.1) is 21.8 Å². The summed E-state index contributed by atoms with van der Waals surface area (Å²) in [5, 5.41) is 7.68. The number of hydrogen-bond donors (Lipinski definition) is 2. The second kappa shape index (κ2) is 8.59. The first-order valence-electron chi connectivity index (χ1n) is 7.11. The highest BCUT2D eigenvalue weighted by Crippen LogP contribution is 2.22. The molecule has 5 nitrogen and oxygen atoms in total. The molecule has 114 valence electrons. The fraction of sp³-hybridized carbons (Fsp3) is 0.467. The third-order valence-corrected chi connectivity index (χ3v) is 4.12. The lowest BCUT2D eigenvalue weighted by molar-refractivity contribution is 0.203. The van der Waals surface area contributed by atoms with Crippen LogP contribution in [0.2, 0.25) is 0 Å². The van der Waals surface area contributed by atoms with Crippen molar-refractivity contribution in [3.05, 3.63) is 29.3 Å². The van der Waals surface area contributed by atoms with Gasteiger partial charge in [-0.2, -0.15) is 0 Å². The Morgan fingerprint density at radius 2 is 2.10 bits per heavy atom. The quantitative estimate of drug-likeness (QED) is 0.467. The Labute approximate surface area is 129 Å². The second-order valence-corrected chi connectivity index (χ2v) is 5.71. The van der Waals surface area contributed by atoms with Gasteiger partial charge in [-0.1, -0.05) is 12.1 Å². The molecule has 1 aromatic carbocycles. The first-order valence-corrected chi connectivity index (χ1v) is 7.93. The molecule has 0 amide bonds. The Balaban J connectivity index is 1.71. The number of para-hydroxylation sites is 1. The molecule has 2 aromatic rings. The maximum atomic E-state index is 5.00. The minimum atomic E-state index is 0.673. The van der Waals surface area contributed by atoms with E-state index in [0.29, 0.717) is 6.61 Å². The van der Waals surface area contributed by atoms with Crippen molar-refractivity contribution < 1.29 is 4.74 Å². The van der Waals surface area contributed by atoms with Gasteiger partial charge in [0.15, 0.2) is 5.96 Å². The van der Waals surface area contributed by atoms with E-state index in [9.17, 15) is 0 Å². The summed E-state index contributed by atoms with van der Waals surface area (Å²) >= 11 is 1.78. The molecule has 0 fully saturated rings. The van der Waals surface area contributed by atoms with E-state index >= 15 is 0 Å². The van der Waals surface area contributed by atoms with E-state index in [4.69, 9.17) is 4.74 Å². The van der Waals surface area contributed by atoms with E-state index in [-0.39, 0.29) is 0 Å². The molecule has 0 aliphatic carbocycles. The van der Waals surface area contributed by atoms with Crippen LogP contribution in [0.15, 0.2) is 29.3 Å². The molecule has 1 aromatic heterocycles. The van der Waals surface area contributed by atoms with Gasteiger partial charge in [-0.25, -0.2) is 4.98 Å². The molecular formula is C15H22N4OS. The summed E-state index contributed by atoms with van der Waals surface area (Å²) in [4.78, 5) is 8.80. The molecule has 0 bridgehead atoms. The van der Waals surface area contributed by atoms with E-state index < -0.39 is 0 Å². The van der Waals surface area contributed by atoms with Gasteiger partial charge in [0.25, 0.3) is 0 Å². The topological polar surface area (TPSA) is 58.5 Å². The summed E-state index contributed by atoms with van der Waals surface area (Å²) in [6.07, 6.45) is 2.02. The number of aliphatic imine (C=N–C) groups is 1. The summed E-state index contributed by atoms with van der Waals surface area (Å²) in [5.41, 5.74) is 1.10. The van der Waals surface area contributed by atoms with Gasteiger partial charge in [-0.15, -0.1) is 11.3 Å². The van der Waals surface area contributed by atoms with E-state index in [1.54, 1.807) is 25.5 Å². The van der Waals surface area contributed by atoms with Gasteiger partial charge >= 0.3 is 0 Å². The normalized spacial score (nSPS) is 11.8. The van der Waals surface area contributed by atoms with Crippen LogP contribution in [0.1, 0.15) is 11.4 Å². The third-order valence-electron chi connectivity index (χ3n) is 3.02. The molecular weight excluding hydrogens is 284 g/mol. The first-order chi connectivity index (χ1) is 10.3. The molecule has 0 saturated heterocycles. The molecule has 0 radical (unpaired) electrons. The molecule has 0 atom stereocenters. The molecule has 21 heavy (non-hydrogen) atoms. The number of benzene rings is 1. The van der Waals surface area contributed by atoms with Gasteiger partial charge in [0, 0.05) is 33.7 Å². The largest absolute Gasteiger partial charge is 0.383 e. The van der Waals surface area contributed by atoms with Crippen molar-refractivity contribution in [2.75, 3.05) is 33.9 Å². The van der Waals surface area contributed by atoms with Crippen LogP contribution in [-0.4, -0.2) is 44.8 Å². The van der Waals surface area contributed by atoms with Crippen molar-refractivity contribution in [2.45, 2.75) is 12.8 Å². The van der Waals surface area contributed by atoms with Crippen molar-refractivity contribution in [3.63, 3.8) is 0 Å². The SMILES string of the molecule is CN=C(NCCCc1nc2ccccc2s1)NCCOC. The summed E-state index contributed by atoms with van der Waals surface area (Å²) in [5.74, 6) is 0.816. The van der Waals surface area contributed by atoms with Crippen LogP contribution in [-0.2, 0) is 11.2 Å². The number of rotatable bonds is 7. The third kappa shape index (κ3) is 4.99. The van der Waals surface area contributed by atoms with Gasteiger partial charge in [-0.3, -0.25) is 4.99 Å². The number of hydrogen-bond acceptors (Lipinski definition) is 4. The maximum absolute atomic E-state index is 5.00. The van der Waals surface area contributed by atoms with Gasteiger partial charge in [0.1, 0.15) is 0 Å². The fourth-order valence-corrected chi connectivity index (χ4v) is 2.97. The Morgan fingerprint density at radius 3 is 2.86 bits per heavy atom. The molecule has 0 spiro atoms. The first kappa shape index (κ1) is 15.7. The van der Waals surface area contributed by atoms with Crippen LogP contribution in [0.4, 0.5) is 0 Å². The highest BCUT2D eigenvalue weighted by Gasteiger charge is 2.03. The van der Waals surface area contributed by atoms with Crippen molar-refractivity contribution in [2.24, 2.45) is 4.99 Å². The standard InChI is InChI=1S/C15H22N4OS/c1-16-15(18-10-11-20-2)17-9-5-8-14-19-12-6-3-4-7-13(12)21-14/h3-4,6-7H,5,8-11H2,1-2H3,(H2,16,17,18). The molecule has 2 rings (SSSR count). The average molecular weight is 306 g/mol. The zero-order chi connectivity index (χ0) is 14.9. The van der Waals surface area contributed by atoms with E-state index in [0.717, 1.165) is 37.4 Å². The summed E-state index contributed by atoms with van der Waals surface area (Å²) in [6, 6.07) is 8.27. The molecule has 0 unspecified atom stereocenters. The van der Waals surface area contributed by atoms with Crippen molar-refractivity contribution in [1.82, 2.24) is 15.6 Å².